The summed E-state index contributed by atoms with van der Waals surface area (Å²) in [4.78, 5) is 14.6. The number of sulfone groups is 1. The van der Waals surface area contributed by atoms with Gasteiger partial charge in [-0.05, 0) is 43.2 Å². The van der Waals surface area contributed by atoms with Gasteiger partial charge in [-0.15, -0.1) is 0 Å². The van der Waals surface area contributed by atoms with Crippen molar-refractivity contribution < 1.29 is 17.6 Å². The number of hydrogen-bond acceptors (Lipinski definition) is 3. The normalized spacial score (nSPS) is 18.9. The van der Waals surface area contributed by atoms with Crippen molar-refractivity contribution in [3.8, 4) is 0 Å². The first-order valence-corrected chi connectivity index (χ1v) is 9.99. The Morgan fingerprint density at radius 3 is 2.32 bits per heavy atom. The first kappa shape index (κ1) is 17.6. The largest absolute Gasteiger partial charge is 0.330 e. The monoisotopic (exact) mass is 361 g/mol. The third-order valence-electron chi connectivity index (χ3n) is 4.47. The minimum atomic E-state index is -3.12. The van der Waals surface area contributed by atoms with Gasteiger partial charge < -0.3 is 4.90 Å². The number of rotatable bonds is 4. The first-order valence-electron chi connectivity index (χ1n) is 8.16. The molecule has 132 valence electrons. The Hall–Kier alpha value is -2.21. The van der Waals surface area contributed by atoms with Crippen LogP contribution in [0.2, 0.25) is 0 Å². The van der Waals surface area contributed by atoms with E-state index in [1.165, 1.54) is 12.1 Å². The highest BCUT2D eigenvalue weighted by Gasteiger charge is 2.35. The van der Waals surface area contributed by atoms with Crippen molar-refractivity contribution in [2.75, 3.05) is 11.5 Å². The van der Waals surface area contributed by atoms with Crippen molar-refractivity contribution in [1.29, 1.82) is 0 Å². The second-order valence-corrected chi connectivity index (χ2v) is 8.71. The van der Waals surface area contributed by atoms with Crippen molar-refractivity contribution in [3.63, 3.8) is 0 Å². The number of amides is 1. The molecule has 3 rings (SSSR count). The number of aryl methyl sites for hydroxylation is 1. The molecule has 1 unspecified atom stereocenters. The number of benzene rings is 2. The van der Waals surface area contributed by atoms with Crippen LogP contribution in [0.5, 0.6) is 0 Å². The third-order valence-corrected chi connectivity index (χ3v) is 6.23. The van der Waals surface area contributed by atoms with E-state index in [-0.39, 0.29) is 35.8 Å². The van der Waals surface area contributed by atoms with Gasteiger partial charge in [0.25, 0.3) is 5.91 Å². The van der Waals surface area contributed by atoms with Gasteiger partial charge in [-0.1, -0.05) is 29.8 Å². The first-order chi connectivity index (χ1) is 11.8. The van der Waals surface area contributed by atoms with Crippen molar-refractivity contribution in [3.05, 3.63) is 71.0 Å². The van der Waals surface area contributed by atoms with Crippen LogP contribution in [0, 0.1) is 12.7 Å². The molecule has 0 aliphatic carbocycles. The fourth-order valence-corrected chi connectivity index (χ4v) is 4.77. The quantitative estimate of drug-likeness (QED) is 0.841. The number of carbonyl (C=O) groups is 1. The molecule has 1 aliphatic rings. The summed E-state index contributed by atoms with van der Waals surface area (Å²) in [6.45, 7) is 2.20. The second kappa shape index (κ2) is 6.96. The average molecular weight is 361 g/mol. The minimum Gasteiger partial charge on any atom is -0.330 e. The molecule has 0 aromatic heterocycles. The van der Waals surface area contributed by atoms with Crippen molar-refractivity contribution in [2.24, 2.45) is 0 Å². The van der Waals surface area contributed by atoms with Gasteiger partial charge in [0.15, 0.2) is 9.84 Å². The molecular weight excluding hydrogens is 341 g/mol. The van der Waals surface area contributed by atoms with Crippen LogP contribution in [-0.2, 0) is 16.4 Å². The molecule has 0 spiro atoms. The lowest BCUT2D eigenvalue weighted by Gasteiger charge is -2.28. The smallest absolute Gasteiger partial charge is 0.254 e. The van der Waals surface area contributed by atoms with E-state index < -0.39 is 9.84 Å². The van der Waals surface area contributed by atoms with Gasteiger partial charge in [0, 0.05) is 18.2 Å². The average Bonchev–Trinajstić information content (AvgIpc) is 2.94. The molecule has 6 heteroatoms. The van der Waals surface area contributed by atoms with E-state index in [9.17, 15) is 17.6 Å². The predicted octanol–water partition coefficient (Wildman–Crippen LogP) is 2.96. The van der Waals surface area contributed by atoms with Gasteiger partial charge in [0.1, 0.15) is 5.82 Å². The van der Waals surface area contributed by atoms with E-state index in [1.807, 2.05) is 19.1 Å². The van der Waals surface area contributed by atoms with Gasteiger partial charge in [-0.25, -0.2) is 12.8 Å². The molecule has 0 saturated carbocycles. The van der Waals surface area contributed by atoms with Gasteiger partial charge >= 0.3 is 0 Å². The highest BCUT2D eigenvalue weighted by molar-refractivity contribution is 7.91. The second-order valence-electron chi connectivity index (χ2n) is 6.48. The summed E-state index contributed by atoms with van der Waals surface area (Å²) in [7, 11) is -3.12. The Labute approximate surface area is 147 Å². The highest BCUT2D eigenvalue weighted by Crippen LogP contribution is 2.22. The lowest BCUT2D eigenvalue weighted by molar-refractivity contribution is 0.0681. The Morgan fingerprint density at radius 2 is 1.76 bits per heavy atom. The molecule has 2 aromatic rings. The number of nitrogens with zero attached hydrogens (tertiary/aromatic N) is 1. The van der Waals surface area contributed by atoms with E-state index in [0.717, 1.165) is 11.1 Å². The lowest BCUT2D eigenvalue weighted by atomic mass is 10.1. The van der Waals surface area contributed by atoms with Crippen LogP contribution in [0.25, 0.3) is 0 Å². The van der Waals surface area contributed by atoms with Crippen LogP contribution in [0.3, 0.4) is 0 Å². The third kappa shape index (κ3) is 4.25. The molecule has 1 saturated heterocycles. The zero-order valence-corrected chi connectivity index (χ0v) is 14.8. The van der Waals surface area contributed by atoms with Gasteiger partial charge in [-0.2, -0.15) is 0 Å². The van der Waals surface area contributed by atoms with Crippen LogP contribution in [0.4, 0.5) is 4.39 Å². The van der Waals surface area contributed by atoms with E-state index >= 15 is 0 Å². The fourth-order valence-electron chi connectivity index (χ4n) is 3.04. The maximum atomic E-state index is 13.1. The molecule has 2 aromatic carbocycles. The summed E-state index contributed by atoms with van der Waals surface area (Å²) in [5.41, 5.74) is 2.34. The Bertz CT molecular complexity index is 861. The summed E-state index contributed by atoms with van der Waals surface area (Å²) in [6.07, 6.45) is 0.432. The Morgan fingerprint density at radius 1 is 1.12 bits per heavy atom. The molecule has 0 N–H and O–H groups in total. The van der Waals surface area contributed by atoms with Crippen molar-refractivity contribution >= 4 is 15.7 Å². The molecule has 4 nitrogen and oxygen atoms in total. The molecule has 0 radical (unpaired) electrons. The SMILES string of the molecule is Cc1ccc(C(=O)N(Cc2ccc(F)cc2)C2CCS(=O)(=O)C2)cc1. The van der Waals surface area contributed by atoms with Gasteiger partial charge in [-0.3, -0.25) is 4.79 Å². The van der Waals surface area contributed by atoms with E-state index in [0.29, 0.717) is 12.0 Å². The molecule has 1 fully saturated rings. The van der Waals surface area contributed by atoms with Crippen LogP contribution in [0.1, 0.15) is 27.9 Å². The van der Waals surface area contributed by atoms with E-state index in [2.05, 4.69) is 0 Å². The topological polar surface area (TPSA) is 54.5 Å². The molecular formula is C19H20FNO3S. The molecule has 1 amide bonds. The zero-order valence-electron chi connectivity index (χ0n) is 14.0. The lowest BCUT2D eigenvalue weighted by Crippen LogP contribution is -2.40. The number of carbonyl (C=O) groups excluding carboxylic acids is 1. The Balaban J connectivity index is 1.89. The van der Waals surface area contributed by atoms with Crippen molar-refractivity contribution in [2.45, 2.75) is 25.9 Å². The van der Waals surface area contributed by atoms with Crippen LogP contribution in [-0.4, -0.2) is 36.8 Å². The zero-order chi connectivity index (χ0) is 18.0. The maximum absolute atomic E-state index is 13.1. The summed E-state index contributed by atoms with van der Waals surface area (Å²) in [5.74, 6) is -0.472. The van der Waals surface area contributed by atoms with E-state index in [1.54, 1.807) is 29.2 Å². The Kier molecular flexibility index (Phi) is 4.90. The van der Waals surface area contributed by atoms with Gasteiger partial charge in [0.05, 0.1) is 11.5 Å². The maximum Gasteiger partial charge on any atom is 0.254 e. The summed E-state index contributed by atoms with van der Waals surface area (Å²) < 4.78 is 36.8. The molecule has 0 bridgehead atoms. The van der Waals surface area contributed by atoms with Crippen LogP contribution < -0.4 is 0 Å². The summed E-state index contributed by atoms with van der Waals surface area (Å²) in [6, 6.07) is 12.8. The number of halogens is 1. The molecule has 25 heavy (non-hydrogen) atoms. The van der Waals surface area contributed by atoms with E-state index in [4.69, 9.17) is 0 Å². The molecule has 1 heterocycles. The summed E-state index contributed by atoms with van der Waals surface area (Å²) in [5, 5.41) is 0. The number of hydrogen-bond donors (Lipinski definition) is 0. The standard InChI is InChI=1S/C19H20FNO3S/c1-14-2-6-16(7-3-14)19(22)21(18-10-11-25(23,24)13-18)12-15-4-8-17(20)9-5-15/h2-9,18H,10-13H2,1H3. The van der Waals surface area contributed by atoms with Crippen LogP contribution in [0.15, 0.2) is 48.5 Å². The highest BCUT2D eigenvalue weighted by atomic mass is 32.2. The summed E-state index contributed by atoms with van der Waals surface area (Å²) >= 11 is 0. The van der Waals surface area contributed by atoms with Gasteiger partial charge in [0.2, 0.25) is 0 Å². The minimum absolute atomic E-state index is 0.0220. The van der Waals surface area contributed by atoms with Crippen LogP contribution >= 0.6 is 0 Å². The fraction of sp³-hybridized carbons (Fsp3) is 0.316. The molecule has 1 aliphatic heterocycles. The predicted molar refractivity (Wildman–Crippen MR) is 94.5 cm³/mol. The van der Waals surface area contributed by atoms with Crippen molar-refractivity contribution in [1.82, 2.24) is 4.90 Å². The molecule has 1 atom stereocenters.